The van der Waals surface area contributed by atoms with E-state index < -0.39 is 10.0 Å². The number of hydrogen-bond acceptors (Lipinski definition) is 3. The third kappa shape index (κ3) is 3.60. The average Bonchev–Trinajstić information content (AvgIpc) is 3.09. The molecule has 0 aliphatic heterocycles. The summed E-state index contributed by atoms with van der Waals surface area (Å²) in [4.78, 5) is 12.6. The van der Waals surface area contributed by atoms with E-state index in [1.807, 2.05) is 13.8 Å². The fourth-order valence-electron chi connectivity index (χ4n) is 3.26. The van der Waals surface area contributed by atoms with Crippen molar-refractivity contribution in [2.24, 2.45) is 10.6 Å². The topological polar surface area (TPSA) is 89.3 Å². The summed E-state index contributed by atoms with van der Waals surface area (Å²) in [6, 6.07) is 11.1. The van der Waals surface area contributed by atoms with Crippen LogP contribution in [0.2, 0.25) is 10.0 Å². The zero-order chi connectivity index (χ0) is 19.3. The fourth-order valence-corrected chi connectivity index (χ4v) is 4.07. The summed E-state index contributed by atoms with van der Waals surface area (Å²) in [7, 11) is -3.72. The van der Waals surface area contributed by atoms with Crippen molar-refractivity contribution in [2.75, 3.05) is 0 Å². The maximum atomic E-state index is 12.5. The molecule has 1 aliphatic rings. The lowest BCUT2D eigenvalue weighted by Crippen LogP contribution is -2.28. The summed E-state index contributed by atoms with van der Waals surface area (Å²) >= 11 is 11.9. The SMILES string of the molecule is CC1(C)C(NC(=O)c2ccc(Cl)c(Cl)c2)C1c1ccc(S(N)(=O)=O)cc1. The molecule has 138 valence electrons. The largest absolute Gasteiger partial charge is 0.348 e. The van der Waals surface area contributed by atoms with Crippen LogP contribution in [0.25, 0.3) is 0 Å². The van der Waals surface area contributed by atoms with Gasteiger partial charge in [0, 0.05) is 17.5 Å². The van der Waals surface area contributed by atoms with E-state index in [1.165, 1.54) is 18.2 Å². The molecule has 2 unspecified atom stereocenters. The minimum Gasteiger partial charge on any atom is -0.348 e. The Bertz CT molecular complexity index is 972. The van der Waals surface area contributed by atoms with Gasteiger partial charge in [0.2, 0.25) is 10.0 Å². The minimum atomic E-state index is -3.72. The molecule has 26 heavy (non-hydrogen) atoms. The van der Waals surface area contributed by atoms with Gasteiger partial charge in [-0.1, -0.05) is 49.2 Å². The van der Waals surface area contributed by atoms with Gasteiger partial charge in [0.25, 0.3) is 5.91 Å². The van der Waals surface area contributed by atoms with E-state index in [2.05, 4.69) is 5.32 Å². The number of carbonyl (C=O) groups excluding carboxylic acids is 1. The molecule has 0 heterocycles. The van der Waals surface area contributed by atoms with Crippen molar-refractivity contribution in [3.63, 3.8) is 0 Å². The Morgan fingerprint density at radius 2 is 1.69 bits per heavy atom. The molecule has 1 aliphatic carbocycles. The molecule has 0 saturated heterocycles. The van der Waals surface area contributed by atoms with E-state index in [1.54, 1.807) is 24.3 Å². The lowest BCUT2D eigenvalue weighted by atomic mass is 10.0. The Balaban J connectivity index is 1.77. The van der Waals surface area contributed by atoms with Crippen molar-refractivity contribution in [2.45, 2.75) is 30.7 Å². The second kappa shape index (κ2) is 6.53. The van der Waals surface area contributed by atoms with Gasteiger partial charge in [-0.3, -0.25) is 4.79 Å². The van der Waals surface area contributed by atoms with Gasteiger partial charge in [0.05, 0.1) is 14.9 Å². The van der Waals surface area contributed by atoms with Crippen molar-refractivity contribution in [3.8, 4) is 0 Å². The van der Waals surface area contributed by atoms with Crippen molar-refractivity contribution >= 4 is 39.1 Å². The smallest absolute Gasteiger partial charge is 0.251 e. The molecule has 1 saturated carbocycles. The minimum absolute atomic E-state index is 0.0658. The van der Waals surface area contributed by atoms with E-state index in [9.17, 15) is 13.2 Å². The van der Waals surface area contributed by atoms with Crippen LogP contribution in [0.5, 0.6) is 0 Å². The highest BCUT2D eigenvalue weighted by atomic mass is 35.5. The van der Waals surface area contributed by atoms with Crippen molar-refractivity contribution in [1.29, 1.82) is 0 Å². The molecule has 2 aromatic rings. The zero-order valence-electron chi connectivity index (χ0n) is 14.2. The number of primary sulfonamides is 1. The van der Waals surface area contributed by atoms with Crippen LogP contribution in [0.15, 0.2) is 47.4 Å². The molecule has 0 bridgehead atoms. The summed E-state index contributed by atoms with van der Waals surface area (Å²) in [6.07, 6.45) is 0. The number of carbonyl (C=O) groups is 1. The predicted octanol–water partition coefficient (Wildman–Crippen LogP) is 3.56. The van der Waals surface area contributed by atoms with Crippen LogP contribution >= 0.6 is 23.2 Å². The van der Waals surface area contributed by atoms with Gasteiger partial charge in [0.1, 0.15) is 0 Å². The Morgan fingerprint density at radius 3 is 2.23 bits per heavy atom. The third-order valence-corrected chi connectivity index (χ3v) is 6.53. The molecule has 2 aromatic carbocycles. The number of rotatable bonds is 4. The average molecular weight is 413 g/mol. The molecule has 0 radical (unpaired) electrons. The molecule has 0 spiro atoms. The molecule has 0 aromatic heterocycles. The van der Waals surface area contributed by atoms with Crippen LogP contribution in [0.4, 0.5) is 0 Å². The van der Waals surface area contributed by atoms with Gasteiger partial charge in [-0.05, 0) is 41.3 Å². The second-order valence-corrected chi connectivity index (χ2v) is 9.37. The number of sulfonamides is 1. The van der Waals surface area contributed by atoms with Crippen LogP contribution in [0, 0.1) is 5.41 Å². The van der Waals surface area contributed by atoms with Gasteiger partial charge >= 0.3 is 0 Å². The molecular formula is C18H18Cl2N2O3S. The monoisotopic (exact) mass is 412 g/mol. The van der Waals surface area contributed by atoms with Crippen LogP contribution in [-0.2, 0) is 10.0 Å². The Hall–Kier alpha value is -1.60. The summed E-state index contributed by atoms with van der Waals surface area (Å²) < 4.78 is 22.8. The number of hydrogen-bond donors (Lipinski definition) is 2. The third-order valence-electron chi connectivity index (χ3n) is 4.86. The van der Waals surface area contributed by atoms with E-state index >= 15 is 0 Å². The molecule has 2 atom stereocenters. The predicted molar refractivity (Wildman–Crippen MR) is 102 cm³/mol. The van der Waals surface area contributed by atoms with E-state index in [0.29, 0.717) is 15.6 Å². The molecule has 3 rings (SSSR count). The molecule has 8 heteroatoms. The zero-order valence-corrected chi connectivity index (χ0v) is 16.5. The van der Waals surface area contributed by atoms with Gasteiger partial charge in [0.15, 0.2) is 0 Å². The van der Waals surface area contributed by atoms with Crippen LogP contribution in [-0.4, -0.2) is 20.4 Å². The van der Waals surface area contributed by atoms with E-state index in [-0.39, 0.29) is 28.2 Å². The number of nitrogens with one attached hydrogen (secondary N) is 1. The van der Waals surface area contributed by atoms with Crippen molar-refractivity contribution < 1.29 is 13.2 Å². The normalized spacial score (nSPS) is 21.3. The first kappa shape index (κ1) is 19.2. The number of halogens is 2. The Morgan fingerprint density at radius 1 is 1.08 bits per heavy atom. The molecule has 5 nitrogen and oxygen atoms in total. The van der Waals surface area contributed by atoms with Crippen molar-refractivity contribution in [3.05, 3.63) is 63.6 Å². The Kier molecular flexibility index (Phi) is 4.82. The van der Waals surface area contributed by atoms with Gasteiger partial charge < -0.3 is 5.32 Å². The molecule has 1 fully saturated rings. The molecule has 3 N–H and O–H groups in total. The number of nitrogens with two attached hydrogens (primary N) is 1. The lowest BCUT2D eigenvalue weighted by molar-refractivity contribution is 0.0946. The highest BCUT2D eigenvalue weighted by Crippen LogP contribution is 2.58. The van der Waals surface area contributed by atoms with Gasteiger partial charge in [-0.2, -0.15) is 0 Å². The standard InChI is InChI=1S/C18H18Cl2N2O3S/c1-18(2)15(10-3-6-12(7-4-10)26(21,24)25)16(18)22-17(23)11-5-8-13(19)14(20)9-11/h3-9,15-16H,1-2H3,(H,22,23)(H2,21,24,25). The first-order valence-electron chi connectivity index (χ1n) is 7.90. The van der Waals surface area contributed by atoms with Crippen LogP contribution < -0.4 is 10.5 Å². The second-order valence-electron chi connectivity index (χ2n) is 6.99. The van der Waals surface area contributed by atoms with Gasteiger partial charge in [-0.25, -0.2) is 13.6 Å². The molecule has 1 amide bonds. The Labute approximate surface area is 162 Å². The number of amides is 1. The summed E-state index contributed by atoms with van der Waals surface area (Å²) in [6.45, 7) is 4.09. The summed E-state index contributed by atoms with van der Waals surface area (Å²) in [5, 5.41) is 8.86. The van der Waals surface area contributed by atoms with Gasteiger partial charge in [-0.15, -0.1) is 0 Å². The first-order chi connectivity index (χ1) is 12.0. The number of benzene rings is 2. The maximum Gasteiger partial charge on any atom is 0.251 e. The highest BCUT2D eigenvalue weighted by molar-refractivity contribution is 7.89. The van der Waals surface area contributed by atoms with E-state index in [0.717, 1.165) is 5.56 Å². The van der Waals surface area contributed by atoms with Crippen molar-refractivity contribution in [1.82, 2.24) is 5.32 Å². The van der Waals surface area contributed by atoms with E-state index in [4.69, 9.17) is 28.3 Å². The fraction of sp³-hybridized carbons (Fsp3) is 0.278. The molecular weight excluding hydrogens is 395 g/mol. The highest BCUT2D eigenvalue weighted by Gasteiger charge is 2.59. The summed E-state index contributed by atoms with van der Waals surface area (Å²) in [5.74, 6) is -0.158. The van der Waals surface area contributed by atoms with Crippen LogP contribution in [0.3, 0.4) is 0 Å². The lowest BCUT2D eigenvalue weighted by Gasteiger charge is -2.07. The van der Waals surface area contributed by atoms with Crippen LogP contribution in [0.1, 0.15) is 35.7 Å². The summed E-state index contributed by atoms with van der Waals surface area (Å²) in [5.41, 5.74) is 1.22. The quantitative estimate of drug-likeness (QED) is 0.803. The maximum absolute atomic E-state index is 12.5. The first-order valence-corrected chi connectivity index (χ1v) is 10.2.